The minimum atomic E-state index is -0.552. The van der Waals surface area contributed by atoms with Crippen molar-refractivity contribution < 1.29 is 5.11 Å². The summed E-state index contributed by atoms with van der Waals surface area (Å²) in [6.07, 6.45) is 1.16. The summed E-state index contributed by atoms with van der Waals surface area (Å²) in [7, 11) is 0. The minimum Gasteiger partial charge on any atom is -0.389 e. The molecule has 100 valence electrons. The van der Waals surface area contributed by atoms with Crippen LogP contribution in [0, 0.1) is 20.8 Å². The molecule has 0 aliphatic rings. The third kappa shape index (κ3) is 3.11. The van der Waals surface area contributed by atoms with Gasteiger partial charge in [0.15, 0.2) is 5.16 Å². The Balaban J connectivity index is 2.37. The fourth-order valence-corrected chi connectivity index (χ4v) is 2.69. The summed E-state index contributed by atoms with van der Waals surface area (Å²) in [5.74, 6) is 0. The van der Waals surface area contributed by atoms with Crippen molar-refractivity contribution in [2.24, 2.45) is 0 Å². The molecule has 0 aliphatic carbocycles. The Morgan fingerprint density at radius 2 is 1.79 bits per heavy atom. The van der Waals surface area contributed by atoms with Gasteiger partial charge in [-0.25, -0.2) is 15.0 Å². The predicted molar refractivity (Wildman–Crippen MR) is 75.2 cm³/mol. The summed E-state index contributed by atoms with van der Waals surface area (Å²) in [5.41, 5.74) is 3.86. The maximum absolute atomic E-state index is 9.74. The van der Waals surface area contributed by atoms with E-state index in [0.717, 1.165) is 27.5 Å². The number of aryl methyl sites for hydroxylation is 2. The summed E-state index contributed by atoms with van der Waals surface area (Å²) in [6.45, 7) is 7.69. The molecule has 4 nitrogen and oxygen atoms in total. The van der Waals surface area contributed by atoms with Crippen LogP contribution in [0.2, 0.25) is 0 Å². The molecule has 19 heavy (non-hydrogen) atoms. The molecular formula is C14H17N3OS. The Hall–Kier alpha value is -1.46. The molecule has 0 bridgehead atoms. The molecule has 0 amide bonds. The van der Waals surface area contributed by atoms with Crippen LogP contribution in [0.3, 0.4) is 0 Å². The number of rotatable bonds is 3. The van der Waals surface area contributed by atoms with Gasteiger partial charge in [0.25, 0.3) is 0 Å². The molecule has 2 rings (SSSR count). The molecule has 0 saturated carbocycles. The zero-order valence-electron chi connectivity index (χ0n) is 11.5. The third-order valence-electron chi connectivity index (χ3n) is 3.05. The SMILES string of the molecule is Cc1nc(Sc2ncccc2C(C)O)nc(C)c1C. The number of pyridine rings is 1. The number of hydrogen-bond donors (Lipinski definition) is 1. The highest BCUT2D eigenvalue weighted by atomic mass is 32.2. The molecule has 0 radical (unpaired) electrons. The van der Waals surface area contributed by atoms with Gasteiger partial charge in [-0.05, 0) is 51.1 Å². The molecule has 2 aromatic rings. The van der Waals surface area contributed by atoms with Crippen molar-refractivity contribution in [3.05, 3.63) is 40.8 Å². The van der Waals surface area contributed by atoms with E-state index in [1.54, 1.807) is 13.1 Å². The van der Waals surface area contributed by atoms with E-state index in [2.05, 4.69) is 15.0 Å². The average molecular weight is 275 g/mol. The molecule has 1 atom stereocenters. The molecule has 0 aliphatic heterocycles. The lowest BCUT2D eigenvalue weighted by Crippen LogP contribution is -2.00. The maximum Gasteiger partial charge on any atom is 0.194 e. The van der Waals surface area contributed by atoms with Crippen LogP contribution in [0.1, 0.15) is 35.5 Å². The van der Waals surface area contributed by atoms with Crippen LogP contribution in [0.25, 0.3) is 0 Å². The second-order valence-corrected chi connectivity index (χ2v) is 5.43. The van der Waals surface area contributed by atoms with Crippen molar-refractivity contribution in [3.8, 4) is 0 Å². The first-order valence-electron chi connectivity index (χ1n) is 6.11. The highest BCUT2D eigenvalue weighted by Crippen LogP contribution is 2.30. The zero-order chi connectivity index (χ0) is 14.0. The molecule has 2 heterocycles. The Bertz CT molecular complexity index is 576. The van der Waals surface area contributed by atoms with E-state index in [9.17, 15) is 5.11 Å². The van der Waals surface area contributed by atoms with E-state index >= 15 is 0 Å². The molecule has 0 fully saturated rings. The molecular weight excluding hydrogens is 258 g/mol. The Labute approximate surface area is 117 Å². The normalized spacial score (nSPS) is 12.5. The van der Waals surface area contributed by atoms with Crippen LogP contribution in [-0.4, -0.2) is 20.1 Å². The number of aromatic nitrogens is 3. The van der Waals surface area contributed by atoms with Crippen molar-refractivity contribution in [1.29, 1.82) is 0 Å². The first-order valence-corrected chi connectivity index (χ1v) is 6.93. The van der Waals surface area contributed by atoms with E-state index in [0.29, 0.717) is 5.16 Å². The summed E-state index contributed by atoms with van der Waals surface area (Å²) in [4.78, 5) is 13.2. The lowest BCUT2D eigenvalue weighted by Gasteiger charge is -2.10. The highest BCUT2D eigenvalue weighted by molar-refractivity contribution is 7.99. The van der Waals surface area contributed by atoms with Crippen LogP contribution in [0.5, 0.6) is 0 Å². The summed E-state index contributed by atoms with van der Waals surface area (Å²) in [5, 5.41) is 11.2. The number of hydrogen-bond acceptors (Lipinski definition) is 5. The summed E-state index contributed by atoms with van der Waals surface area (Å²) in [6, 6.07) is 3.69. The first-order chi connectivity index (χ1) is 8.99. The molecule has 2 aromatic heterocycles. The quantitative estimate of drug-likeness (QED) is 0.873. The van der Waals surface area contributed by atoms with Crippen LogP contribution in [0.4, 0.5) is 0 Å². The van der Waals surface area contributed by atoms with Crippen molar-refractivity contribution in [3.63, 3.8) is 0 Å². The first kappa shape index (κ1) is 14.0. The fraction of sp³-hybridized carbons (Fsp3) is 0.357. The van der Waals surface area contributed by atoms with Gasteiger partial charge in [0, 0.05) is 23.1 Å². The van der Waals surface area contributed by atoms with Crippen molar-refractivity contribution in [2.75, 3.05) is 0 Å². The van der Waals surface area contributed by atoms with Crippen molar-refractivity contribution in [2.45, 2.75) is 44.0 Å². The van der Waals surface area contributed by atoms with Gasteiger partial charge in [0.1, 0.15) is 5.03 Å². The minimum absolute atomic E-state index is 0.552. The van der Waals surface area contributed by atoms with Crippen molar-refractivity contribution in [1.82, 2.24) is 15.0 Å². The zero-order valence-corrected chi connectivity index (χ0v) is 12.3. The molecule has 0 aromatic carbocycles. The monoisotopic (exact) mass is 275 g/mol. The smallest absolute Gasteiger partial charge is 0.194 e. The van der Waals surface area contributed by atoms with Gasteiger partial charge in [-0.3, -0.25) is 0 Å². The Morgan fingerprint density at radius 3 is 2.37 bits per heavy atom. The molecule has 1 unspecified atom stereocenters. The molecule has 0 saturated heterocycles. The lowest BCUT2D eigenvalue weighted by molar-refractivity contribution is 0.195. The van der Waals surface area contributed by atoms with Gasteiger partial charge in [-0.1, -0.05) is 6.07 Å². The van der Waals surface area contributed by atoms with Gasteiger partial charge in [0.05, 0.1) is 6.10 Å². The van der Waals surface area contributed by atoms with Gasteiger partial charge < -0.3 is 5.11 Å². The summed E-state index contributed by atoms with van der Waals surface area (Å²) < 4.78 is 0. The fourth-order valence-electron chi connectivity index (χ4n) is 1.68. The van der Waals surface area contributed by atoms with E-state index in [-0.39, 0.29) is 0 Å². The average Bonchev–Trinajstić information content (AvgIpc) is 2.36. The number of aliphatic hydroxyl groups excluding tert-OH is 1. The van der Waals surface area contributed by atoms with Gasteiger partial charge in [0.2, 0.25) is 0 Å². The van der Waals surface area contributed by atoms with Crippen molar-refractivity contribution >= 4 is 11.8 Å². The second-order valence-electron chi connectivity index (χ2n) is 4.48. The van der Waals surface area contributed by atoms with Crippen LogP contribution in [0.15, 0.2) is 28.5 Å². The predicted octanol–water partition coefficient (Wildman–Crippen LogP) is 3.00. The van der Waals surface area contributed by atoms with Gasteiger partial charge in [-0.15, -0.1) is 0 Å². The van der Waals surface area contributed by atoms with Crippen LogP contribution < -0.4 is 0 Å². The standard InChI is InChI=1S/C14H17N3OS/c1-8-9(2)16-14(17-10(8)3)19-13-12(11(4)18)6-5-7-15-13/h5-7,11,18H,1-4H3. The van der Waals surface area contributed by atoms with E-state index in [1.807, 2.05) is 32.9 Å². The lowest BCUT2D eigenvalue weighted by atomic mass is 10.2. The van der Waals surface area contributed by atoms with E-state index in [4.69, 9.17) is 0 Å². The van der Waals surface area contributed by atoms with Gasteiger partial charge in [-0.2, -0.15) is 0 Å². The molecule has 5 heteroatoms. The Kier molecular flexibility index (Phi) is 4.17. The largest absolute Gasteiger partial charge is 0.389 e. The van der Waals surface area contributed by atoms with Crippen LogP contribution >= 0.6 is 11.8 Å². The highest BCUT2D eigenvalue weighted by Gasteiger charge is 2.13. The third-order valence-corrected chi connectivity index (χ3v) is 3.95. The number of nitrogens with zero attached hydrogens (tertiary/aromatic N) is 3. The second kappa shape index (κ2) is 5.67. The molecule has 1 N–H and O–H groups in total. The maximum atomic E-state index is 9.74. The Morgan fingerprint density at radius 1 is 1.16 bits per heavy atom. The molecule has 0 spiro atoms. The van der Waals surface area contributed by atoms with Crippen LogP contribution in [-0.2, 0) is 0 Å². The van der Waals surface area contributed by atoms with E-state index < -0.39 is 6.10 Å². The van der Waals surface area contributed by atoms with E-state index in [1.165, 1.54) is 11.8 Å². The number of aliphatic hydroxyl groups is 1. The topological polar surface area (TPSA) is 58.9 Å². The summed E-state index contributed by atoms with van der Waals surface area (Å²) >= 11 is 1.39. The van der Waals surface area contributed by atoms with Gasteiger partial charge >= 0.3 is 0 Å².